The van der Waals surface area contributed by atoms with E-state index in [0.717, 1.165) is 5.92 Å². The number of carbonyl (C=O) groups is 1. The van der Waals surface area contributed by atoms with E-state index in [1.54, 1.807) is 0 Å². The van der Waals surface area contributed by atoms with Crippen LogP contribution >= 0.6 is 0 Å². The molecule has 50 valence electrons. The lowest BCUT2D eigenvalue weighted by Gasteiger charge is -2.35. The predicted octanol–water partition coefficient (Wildman–Crippen LogP) is 1.62. The molecule has 0 aromatic rings. The predicted molar refractivity (Wildman–Crippen MR) is 35.0 cm³/mol. The Hall–Kier alpha value is -0.330. The molecule has 2 aliphatic rings. The van der Waals surface area contributed by atoms with Crippen LogP contribution in [0.1, 0.15) is 26.2 Å². The second-order valence-corrected chi connectivity index (χ2v) is 3.39. The molecule has 3 atom stereocenters. The maximum Gasteiger partial charge on any atom is 0.139 e. The molecule has 0 aliphatic heterocycles. The van der Waals surface area contributed by atoms with E-state index in [1.165, 1.54) is 19.3 Å². The topological polar surface area (TPSA) is 17.1 Å². The first-order chi connectivity index (χ1) is 4.30. The lowest BCUT2D eigenvalue weighted by Crippen LogP contribution is -2.42. The lowest BCUT2D eigenvalue weighted by atomic mass is 9.66. The number of ketones is 1. The van der Waals surface area contributed by atoms with Gasteiger partial charge in [-0.25, -0.2) is 0 Å². The highest BCUT2D eigenvalue weighted by Gasteiger charge is 2.48. The van der Waals surface area contributed by atoms with E-state index < -0.39 is 0 Å². The standard InChI is InChI=1S/C8H12O/c1-5-6-3-2-4-7(6)8(5)9/h5-7H,2-4H2,1H3/t5-,6+,7-/m0/s1. The summed E-state index contributed by atoms with van der Waals surface area (Å²) in [6.45, 7) is 2.08. The van der Waals surface area contributed by atoms with Gasteiger partial charge in [0.25, 0.3) is 0 Å². The fourth-order valence-electron chi connectivity index (χ4n) is 2.37. The van der Waals surface area contributed by atoms with Crippen molar-refractivity contribution in [2.24, 2.45) is 17.8 Å². The van der Waals surface area contributed by atoms with E-state index >= 15 is 0 Å². The van der Waals surface area contributed by atoms with Crippen LogP contribution in [0.5, 0.6) is 0 Å². The van der Waals surface area contributed by atoms with Gasteiger partial charge in [-0.15, -0.1) is 0 Å². The van der Waals surface area contributed by atoms with E-state index in [2.05, 4.69) is 6.92 Å². The van der Waals surface area contributed by atoms with Crippen LogP contribution < -0.4 is 0 Å². The minimum Gasteiger partial charge on any atom is -0.299 e. The molecule has 0 radical (unpaired) electrons. The van der Waals surface area contributed by atoms with E-state index in [0.29, 0.717) is 17.6 Å². The molecular formula is C8H12O. The highest BCUT2D eigenvalue weighted by molar-refractivity contribution is 5.90. The van der Waals surface area contributed by atoms with Crippen LogP contribution in [0, 0.1) is 17.8 Å². The van der Waals surface area contributed by atoms with Gasteiger partial charge in [0.1, 0.15) is 5.78 Å². The molecule has 1 heteroatoms. The van der Waals surface area contributed by atoms with Crippen molar-refractivity contribution in [1.29, 1.82) is 0 Å². The van der Waals surface area contributed by atoms with E-state index in [1.807, 2.05) is 0 Å². The van der Waals surface area contributed by atoms with Crippen molar-refractivity contribution in [3.8, 4) is 0 Å². The van der Waals surface area contributed by atoms with Crippen LogP contribution in [-0.4, -0.2) is 5.78 Å². The van der Waals surface area contributed by atoms with Crippen molar-refractivity contribution in [2.45, 2.75) is 26.2 Å². The highest BCUT2D eigenvalue weighted by atomic mass is 16.1. The summed E-state index contributed by atoms with van der Waals surface area (Å²) in [5.41, 5.74) is 0. The molecule has 1 nitrogen and oxygen atoms in total. The summed E-state index contributed by atoms with van der Waals surface area (Å²) in [7, 11) is 0. The monoisotopic (exact) mass is 124 g/mol. The number of hydrogen-bond donors (Lipinski definition) is 0. The zero-order valence-corrected chi connectivity index (χ0v) is 5.76. The van der Waals surface area contributed by atoms with Crippen LogP contribution in [0.15, 0.2) is 0 Å². The first kappa shape index (κ1) is 5.45. The quantitative estimate of drug-likeness (QED) is 0.479. The maximum atomic E-state index is 11.0. The largest absolute Gasteiger partial charge is 0.299 e. The van der Waals surface area contributed by atoms with Crippen molar-refractivity contribution >= 4 is 5.78 Å². The smallest absolute Gasteiger partial charge is 0.139 e. The average molecular weight is 124 g/mol. The molecule has 2 saturated carbocycles. The summed E-state index contributed by atoms with van der Waals surface area (Å²) in [5, 5.41) is 0. The van der Waals surface area contributed by atoms with Crippen molar-refractivity contribution in [2.75, 3.05) is 0 Å². The van der Waals surface area contributed by atoms with E-state index in [9.17, 15) is 4.79 Å². The molecule has 0 aromatic heterocycles. The second-order valence-electron chi connectivity index (χ2n) is 3.39. The summed E-state index contributed by atoms with van der Waals surface area (Å²) in [6, 6.07) is 0. The summed E-state index contributed by atoms with van der Waals surface area (Å²) in [4.78, 5) is 11.0. The van der Waals surface area contributed by atoms with Gasteiger partial charge in [0.05, 0.1) is 0 Å². The van der Waals surface area contributed by atoms with Crippen molar-refractivity contribution < 1.29 is 4.79 Å². The third-order valence-electron chi connectivity index (χ3n) is 3.03. The van der Waals surface area contributed by atoms with Gasteiger partial charge in [0.15, 0.2) is 0 Å². The van der Waals surface area contributed by atoms with Gasteiger partial charge in [-0.2, -0.15) is 0 Å². The zero-order chi connectivity index (χ0) is 6.43. The number of Topliss-reactive ketones (excluding diaryl/α,β-unsaturated/α-hetero) is 1. The van der Waals surface area contributed by atoms with Gasteiger partial charge in [-0.1, -0.05) is 13.3 Å². The summed E-state index contributed by atoms with van der Waals surface area (Å²) >= 11 is 0. The van der Waals surface area contributed by atoms with E-state index in [4.69, 9.17) is 0 Å². The molecule has 0 saturated heterocycles. The highest BCUT2D eigenvalue weighted by Crippen LogP contribution is 2.47. The molecule has 0 N–H and O–H groups in total. The van der Waals surface area contributed by atoms with Crippen LogP contribution in [0.25, 0.3) is 0 Å². The lowest BCUT2D eigenvalue weighted by molar-refractivity contribution is -0.139. The SMILES string of the molecule is C[C@@H]1C(=O)[C@H]2CCC[C@H]12. The minimum absolute atomic E-state index is 0.414. The first-order valence-electron chi connectivity index (χ1n) is 3.84. The molecule has 2 fully saturated rings. The summed E-state index contributed by atoms with van der Waals surface area (Å²) in [6.07, 6.45) is 3.80. The Balaban J connectivity index is 2.14. The molecule has 9 heavy (non-hydrogen) atoms. The Bertz CT molecular complexity index is 151. The molecule has 2 aliphatic carbocycles. The van der Waals surface area contributed by atoms with Crippen LogP contribution in [0.4, 0.5) is 0 Å². The van der Waals surface area contributed by atoms with Gasteiger partial charge < -0.3 is 0 Å². The Labute approximate surface area is 55.4 Å². The zero-order valence-electron chi connectivity index (χ0n) is 5.76. The molecule has 2 rings (SSSR count). The van der Waals surface area contributed by atoms with Gasteiger partial charge in [-0.3, -0.25) is 4.79 Å². The Morgan fingerprint density at radius 1 is 1.44 bits per heavy atom. The van der Waals surface area contributed by atoms with Crippen LogP contribution in [0.3, 0.4) is 0 Å². The fourth-order valence-corrected chi connectivity index (χ4v) is 2.37. The number of hydrogen-bond acceptors (Lipinski definition) is 1. The third kappa shape index (κ3) is 0.525. The molecule has 0 heterocycles. The summed E-state index contributed by atoms with van der Waals surface area (Å²) in [5.74, 6) is 2.24. The van der Waals surface area contributed by atoms with Crippen molar-refractivity contribution in [3.63, 3.8) is 0 Å². The molecule has 0 bridgehead atoms. The normalized spacial score (nSPS) is 48.6. The van der Waals surface area contributed by atoms with Gasteiger partial charge in [-0.05, 0) is 18.8 Å². The van der Waals surface area contributed by atoms with Gasteiger partial charge in [0, 0.05) is 11.8 Å². The molecule has 0 amide bonds. The van der Waals surface area contributed by atoms with Crippen LogP contribution in [0.2, 0.25) is 0 Å². The molecule has 0 aromatic carbocycles. The number of fused-ring (bicyclic) bond motifs is 1. The van der Waals surface area contributed by atoms with E-state index in [-0.39, 0.29) is 0 Å². The first-order valence-corrected chi connectivity index (χ1v) is 3.84. The molecule has 0 spiro atoms. The minimum atomic E-state index is 0.414. The Morgan fingerprint density at radius 2 is 2.22 bits per heavy atom. The summed E-state index contributed by atoms with van der Waals surface area (Å²) < 4.78 is 0. The maximum absolute atomic E-state index is 11.0. The van der Waals surface area contributed by atoms with Gasteiger partial charge >= 0.3 is 0 Å². The molecular weight excluding hydrogens is 112 g/mol. The Kier molecular flexibility index (Phi) is 0.961. The Morgan fingerprint density at radius 3 is 2.89 bits per heavy atom. The third-order valence-corrected chi connectivity index (χ3v) is 3.03. The number of rotatable bonds is 0. The van der Waals surface area contributed by atoms with Crippen molar-refractivity contribution in [3.05, 3.63) is 0 Å². The second kappa shape index (κ2) is 1.59. The van der Waals surface area contributed by atoms with Crippen molar-refractivity contribution in [1.82, 2.24) is 0 Å². The van der Waals surface area contributed by atoms with Crippen LogP contribution in [-0.2, 0) is 4.79 Å². The fraction of sp³-hybridized carbons (Fsp3) is 0.875. The molecule has 0 unspecified atom stereocenters. The average Bonchev–Trinajstić information content (AvgIpc) is 2.30. The number of carbonyl (C=O) groups excluding carboxylic acids is 1. The van der Waals surface area contributed by atoms with Gasteiger partial charge in [0.2, 0.25) is 0 Å².